The summed E-state index contributed by atoms with van der Waals surface area (Å²) in [5.74, 6) is -0.237. The minimum atomic E-state index is -0.237. The first-order valence-electron chi connectivity index (χ1n) is 4.07. The highest BCUT2D eigenvalue weighted by molar-refractivity contribution is 5.11. The molecular formula is C9H13FN2. The summed E-state index contributed by atoms with van der Waals surface area (Å²) >= 11 is 0. The lowest BCUT2D eigenvalue weighted by atomic mass is 10.1. The molecular weight excluding hydrogens is 155 g/mol. The van der Waals surface area contributed by atoms with Crippen LogP contribution in [0.3, 0.4) is 0 Å². The summed E-state index contributed by atoms with van der Waals surface area (Å²) in [6.45, 7) is 2.00. The first-order valence-corrected chi connectivity index (χ1v) is 4.07. The van der Waals surface area contributed by atoms with Crippen LogP contribution in [0, 0.1) is 5.82 Å². The van der Waals surface area contributed by atoms with E-state index in [9.17, 15) is 4.39 Å². The summed E-state index contributed by atoms with van der Waals surface area (Å²) < 4.78 is 13.1. The van der Waals surface area contributed by atoms with E-state index in [-0.39, 0.29) is 11.9 Å². The molecule has 0 aliphatic rings. The summed E-state index contributed by atoms with van der Waals surface area (Å²) in [4.78, 5) is 3.98. The van der Waals surface area contributed by atoms with Gasteiger partial charge >= 0.3 is 0 Å². The standard InChI is InChI=1S/C9H13FN2/c1-3-8(11-2)9-7(10)5-4-6-12-9/h4-6,8,11H,3H2,1-2H3. The van der Waals surface area contributed by atoms with Crippen molar-refractivity contribution >= 4 is 0 Å². The maximum absolute atomic E-state index is 13.1. The minimum Gasteiger partial charge on any atom is -0.312 e. The van der Waals surface area contributed by atoms with Crippen molar-refractivity contribution in [3.05, 3.63) is 29.8 Å². The van der Waals surface area contributed by atoms with E-state index >= 15 is 0 Å². The van der Waals surface area contributed by atoms with Crippen LogP contribution in [-0.2, 0) is 0 Å². The molecule has 66 valence electrons. The molecule has 0 spiro atoms. The van der Waals surface area contributed by atoms with Gasteiger partial charge in [0.1, 0.15) is 5.82 Å². The van der Waals surface area contributed by atoms with Crippen LogP contribution in [0.2, 0.25) is 0 Å². The molecule has 0 saturated carbocycles. The fourth-order valence-corrected chi connectivity index (χ4v) is 1.19. The summed E-state index contributed by atoms with van der Waals surface area (Å²) in [5.41, 5.74) is 0.502. The molecule has 12 heavy (non-hydrogen) atoms. The number of hydrogen-bond acceptors (Lipinski definition) is 2. The Morgan fingerprint density at radius 3 is 2.92 bits per heavy atom. The minimum absolute atomic E-state index is 0.0196. The topological polar surface area (TPSA) is 24.9 Å². The van der Waals surface area contributed by atoms with Gasteiger partial charge in [-0.15, -0.1) is 0 Å². The summed E-state index contributed by atoms with van der Waals surface area (Å²) in [6, 6.07) is 3.05. The van der Waals surface area contributed by atoms with E-state index < -0.39 is 0 Å². The van der Waals surface area contributed by atoms with Gasteiger partial charge in [0.25, 0.3) is 0 Å². The maximum atomic E-state index is 13.1. The van der Waals surface area contributed by atoms with E-state index in [4.69, 9.17) is 0 Å². The number of nitrogens with one attached hydrogen (secondary N) is 1. The van der Waals surface area contributed by atoms with E-state index in [1.807, 2.05) is 14.0 Å². The molecule has 0 amide bonds. The molecule has 0 aromatic carbocycles. The third-order valence-electron chi connectivity index (χ3n) is 1.87. The fourth-order valence-electron chi connectivity index (χ4n) is 1.19. The predicted molar refractivity (Wildman–Crippen MR) is 46.3 cm³/mol. The molecule has 2 nitrogen and oxygen atoms in total. The fraction of sp³-hybridized carbons (Fsp3) is 0.444. The van der Waals surface area contributed by atoms with E-state index in [1.54, 1.807) is 12.3 Å². The molecule has 0 fully saturated rings. The number of aromatic nitrogens is 1. The van der Waals surface area contributed by atoms with Crippen LogP contribution in [0.5, 0.6) is 0 Å². The second kappa shape index (κ2) is 4.16. The summed E-state index contributed by atoms with van der Waals surface area (Å²) in [7, 11) is 1.81. The van der Waals surface area contributed by atoms with Gasteiger partial charge in [-0.1, -0.05) is 6.92 Å². The Morgan fingerprint density at radius 1 is 1.67 bits per heavy atom. The molecule has 1 rings (SSSR count). The monoisotopic (exact) mass is 168 g/mol. The lowest BCUT2D eigenvalue weighted by Gasteiger charge is -2.12. The normalized spacial score (nSPS) is 12.9. The van der Waals surface area contributed by atoms with Gasteiger partial charge in [-0.25, -0.2) is 4.39 Å². The van der Waals surface area contributed by atoms with Crippen LogP contribution < -0.4 is 5.32 Å². The molecule has 0 aliphatic carbocycles. The second-order valence-electron chi connectivity index (χ2n) is 2.62. The van der Waals surface area contributed by atoms with E-state index in [0.717, 1.165) is 6.42 Å². The van der Waals surface area contributed by atoms with Crippen molar-refractivity contribution in [1.82, 2.24) is 10.3 Å². The van der Waals surface area contributed by atoms with Gasteiger partial charge < -0.3 is 5.32 Å². The van der Waals surface area contributed by atoms with Gasteiger partial charge in [0, 0.05) is 6.20 Å². The Morgan fingerprint density at radius 2 is 2.42 bits per heavy atom. The van der Waals surface area contributed by atoms with E-state index in [2.05, 4.69) is 10.3 Å². The molecule has 1 heterocycles. The van der Waals surface area contributed by atoms with Gasteiger partial charge in [0.05, 0.1) is 11.7 Å². The zero-order valence-corrected chi connectivity index (χ0v) is 7.34. The molecule has 3 heteroatoms. The van der Waals surface area contributed by atoms with Crippen LogP contribution in [0.1, 0.15) is 25.1 Å². The van der Waals surface area contributed by atoms with Gasteiger partial charge in [-0.05, 0) is 25.6 Å². The molecule has 1 unspecified atom stereocenters. The molecule has 0 aliphatic heterocycles. The highest BCUT2D eigenvalue weighted by Gasteiger charge is 2.11. The SMILES string of the molecule is CCC(NC)c1ncccc1F. The molecule has 1 atom stereocenters. The van der Waals surface area contributed by atoms with E-state index in [1.165, 1.54) is 6.07 Å². The van der Waals surface area contributed by atoms with E-state index in [0.29, 0.717) is 5.69 Å². The average molecular weight is 168 g/mol. The highest BCUT2D eigenvalue weighted by Crippen LogP contribution is 2.15. The first kappa shape index (κ1) is 9.13. The van der Waals surface area contributed by atoms with Gasteiger partial charge in [-0.2, -0.15) is 0 Å². The third kappa shape index (κ3) is 1.80. The Hall–Kier alpha value is -0.960. The van der Waals surface area contributed by atoms with Crippen molar-refractivity contribution in [3.63, 3.8) is 0 Å². The van der Waals surface area contributed by atoms with Crippen LogP contribution >= 0.6 is 0 Å². The van der Waals surface area contributed by atoms with Gasteiger partial charge in [0.2, 0.25) is 0 Å². The Labute approximate surface area is 71.8 Å². The quantitative estimate of drug-likeness (QED) is 0.745. The number of hydrogen-bond donors (Lipinski definition) is 1. The molecule has 0 saturated heterocycles. The van der Waals surface area contributed by atoms with Crippen molar-refractivity contribution in [2.75, 3.05) is 7.05 Å². The van der Waals surface area contributed by atoms with Crippen LogP contribution in [-0.4, -0.2) is 12.0 Å². The molecule has 1 N–H and O–H groups in total. The highest BCUT2D eigenvalue weighted by atomic mass is 19.1. The van der Waals surface area contributed by atoms with Crippen molar-refractivity contribution < 1.29 is 4.39 Å². The summed E-state index contributed by atoms with van der Waals surface area (Å²) in [6.07, 6.45) is 2.45. The summed E-state index contributed by atoms with van der Waals surface area (Å²) in [5, 5.41) is 3.01. The van der Waals surface area contributed by atoms with Crippen molar-refractivity contribution in [1.29, 1.82) is 0 Å². The zero-order chi connectivity index (χ0) is 8.97. The zero-order valence-electron chi connectivity index (χ0n) is 7.34. The second-order valence-corrected chi connectivity index (χ2v) is 2.62. The maximum Gasteiger partial charge on any atom is 0.146 e. The average Bonchev–Trinajstić information content (AvgIpc) is 2.10. The molecule has 0 radical (unpaired) electrons. The Kier molecular flexibility index (Phi) is 3.17. The van der Waals surface area contributed by atoms with Crippen molar-refractivity contribution in [2.24, 2.45) is 0 Å². The first-order chi connectivity index (χ1) is 5.79. The number of nitrogens with zero attached hydrogens (tertiary/aromatic N) is 1. The number of pyridine rings is 1. The van der Waals surface area contributed by atoms with Crippen molar-refractivity contribution in [2.45, 2.75) is 19.4 Å². The number of rotatable bonds is 3. The Bertz CT molecular complexity index is 246. The predicted octanol–water partition coefficient (Wildman–Crippen LogP) is 1.89. The molecule has 1 aromatic rings. The lowest BCUT2D eigenvalue weighted by molar-refractivity contribution is 0.508. The van der Waals surface area contributed by atoms with Gasteiger partial charge in [0.15, 0.2) is 0 Å². The number of halogens is 1. The van der Waals surface area contributed by atoms with Crippen LogP contribution in [0.15, 0.2) is 18.3 Å². The molecule has 0 bridgehead atoms. The third-order valence-corrected chi connectivity index (χ3v) is 1.87. The Balaban J connectivity index is 2.92. The van der Waals surface area contributed by atoms with Crippen LogP contribution in [0.25, 0.3) is 0 Å². The molecule has 1 aromatic heterocycles. The largest absolute Gasteiger partial charge is 0.312 e. The van der Waals surface area contributed by atoms with Crippen molar-refractivity contribution in [3.8, 4) is 0 Å². The lowest BCUT2D eigenvalue weighted by Crippen LogP contribution is -2.17. The smallest absolute Gasteiger partial charge is 0.146 e. The van der Waals surface area contributed by atoms with Gasteiger partial charge in [-0.3, -0.25) is 4.98 Å². The van der Waals surface area contributed by atoms with Crippen LogP contribution in [0.4, 0.5) is 4.39 Å².